The minimum atomic E-state index is 0.982. The van der Waals surface area contributed by atoms with Crippen LogP contribution in [0.4, 0.5) is 0 Å². The highest BCUT2D eigenvalue weighted by Crippen LogP contribution is 2.18. The molecular weight excluding hydrogens is 236 g/mol. The number of fused-ring (bicyclic) bond motifs is 1. The van der Waals surface area contributed by atoms with Crippen molar-refractivity contribution < 1.29 is 4.57 Å². The summed E-state index contributed by atoms with van der Waals surface area (Å²) in [4.78, 5) is 4.22. The van der Waals surface area contributed by atoms with Gasteiger partial charge in [0.25, 0.3) is 5.82 Å². The zero-order chi connectivity index (χ0) is 13.6. The van der Waals surface area contributed by atoms with Crippen molar-refractivity contribution >= 4 is 11.0 Å². The Balaban J connectivity index is 2.47. The minimum Gasteiger partial charge on any atom is -0.268 e. The molecule has 4 nitrogen and oxygen atoms in total. The van der Waals surface area contributed by atoms with Crippen molar-refractivity contribution in [1.82, 2.24) is 9.66 Å². The van der Waals surface area contributed by atoms with Gasteiger partial charge in [0.05, 0.1) is 6.20 Å². The van der Waals surface area contributed by atoms with Crippen molar-refractivity contribution in [2.24, 2.45) is 0 Å². The first kappa shape index (κ1) is 11.7. The maximum Gasteiger partial charge on any atom is 0.282 e. The lowest BCUT2D eigenvalue weighted by Gasteiger charge is -2.07. The fourth-order valence-corrected chi connectivity index (χ4v) is 2.65. The summed E-state index contributed by atoms with van der Waals surface area (Å²) in [5, 5.41) is 0. The molecule has 2 N–H and O–H groups in total. The van der Waals surface area contributed by atoms with Crippen molar-refractivity contribution in [3.8, 4) is 5.69 Å². The predicted octanol–water partition coefficient (Wildman–Crippen LogP) is 1.95. The van der Waals surface area contributed by atoms with Gasteiger partial charge in [-0.15, -0.1) is 4.68 Å². The number of aromatic nitrogens is 3. The third-order valence-electron chi connectivity index (χ3n) is 3.61. The lowest BCUT2D eigenvalue weighted by Crippen LogP contribution is -2.36. The fourth-order valence-electron chi connectivity index (χ4n) is 2.65. The molecule has 0 aliphatic heterocycles. The summed E-state index contributed by atoms with van der Waals surface area (Å²) in [6.07, 6.45) is 3.62. The Bertz CT molecular complexity index is 751. The van der Waals surface area contributed by atoms with E-state index in [0.717, 1.165) is 16.9 Å². The lowest BCUT2D eigenvalue weighted by atomic mass is 10.1. The molecule has 2 heterocycles. The second-order valence-corrected chi connectivity index (χ2v) is 4.86. The van der Waals surface area contributed by atoms with E-state index in [1.54, 1.807) is 10.9 Å². The summed E-state index contributed by atoms with van der Waals surface area (Å²) in [6, 6.07) is 8.24. The van der Waals surface area contributed by atoms with Gasteiger partial charge in [0, 0.05) is 19.2 Å². The smallest absolute Gasteiger partial charge is 0.268 e. The van der Waals surface area contributed by atoms with E-state index in [-0.39, 0.29) is 0 Å². The highest BCUT2D eigenvalue weighted by atomic mass is 15.4. The largest absolute Gasteiger partial charge is 0.282 e. The number of pyridine rings is 1. The van der Waals surface area contributed by atoms with E-state index in [1.807, 2.05) is 19.2 Å². The lowest BCUT2D eigenvalue weighted by molar-refractivity contribution is -0.576. The molecule has 0 aliphatic rings. The molecule has 0 spiro atoms. The molecular formula is C15H17N4+. The summed E-state index contributed by atoms with van der Waals surface area (Å²) >= 11 is 0. The highest BCUT2D eigenvalue weighted by molar-refractivity contribution is 5.72. The Hall–Kier alpha value is -2.36. The van der Waals surface area contributed by atoms with E-state index < -0.39 is 0 Å². The Kier molecular flexibility index (Phi) is 2.52. The normalized spacial score (nSPS) is 11.1. The van der Waals surface area contributed by atoms with Gasteiger partial charge in [-0.1, -0.05) is 18.2 Å². The van der Waals surface area contributed by atoms with E-state index in [2.05, 4.69) is 41.6 Å². The van der Waals surface area contributed by atoms with Crippen LogP contribution >= 0.6 is 0 Å². The molecule has 0 radical (unpaired) electrons. The Morgan fingerprint density at radius 3 is 2.47 bits per heavy atom. The van der Waals surface area contributed by atoms with Crippen LogP contribution in [-0.2, 0) is 0 Å². The summed E-state index contributed by atoms with van der Waals surface area (Å²) < 4.78 is 3.88. The molecule has 0 bridgehead atoms. The Morgan fingerprint density at radius 1 is 1.11 bits per heavy atom. The standard InChI is InChI=1S/C15H17N4/c1-10-5-4-6-11(2)15(10)18-12(3)19(16)13-7-8-17-9-14(13)18/h4-9H,16H2,1-3H3/q+1. The molecule has 19 heavy (non-hydrogen) atoms. The maximum absolute atomic E-state index is 6.14. The number of hydrogen-bond acceptors (Lipinski definition) is 2. The van der Waals surface area contributed by atoms with Gasteiger partial charge >= 0.3 is 0 Å². The molecule has 4 heteroatoms. The molecule has 0 amide bonds. The number of nitrogens with zero attached hydrogens (tertiary/aromatic N) is 3. The van der Waals surface area contributed by atoms with E-state index in [0.29, 0.717) is 0 Å². The second kappa shape index (κ2) is 4.09. The molecule has 0 unspecified atom stereocenters. The van der Waals surface area contributed by atoms with E-state index in [1.165, 1.54) is 16.8 Å². The Morgan fingerprint density at radius 2 is 1.79 bits per heavy atom. The monoisotopic (exact) mass is 253 g/mol. The van der Waals surface area contributed by atoms with E-state index in [9.17, 15) is 0 Å². The second-order valence-electron chi connectivity index (χ2n) is 4.86. The molecule has 0 aliphatic carbocycles. The molecule has 3 aromatic rings. The average molecular weight is 253 g/mol. The average Bonchev–Trinajstić information content (AvgIpc) is 2.64. The van der Waals surface area contributed by atoms with Crippen LogP contribution in [0.25, 0.3) is 16.7 Å². The summed E-state index contributed by atoms with van der Waals surface area (Å²) in [5.74, 6) is 7.13. The first-order chi connectivity index (χ1) is 9.11. The molecule has 0 fully saturated rings. The number of nitrogen functional groups attached to an aromatic ring is 1. The first-order valence-electron chi connectivity index (χ1n) is 6.30. The highest BCUT2D eigenvalue weighted by Gasteiger charge is 2.24. The summed E-state index contributed by atoms with van der Waals surface area (Å²) in [6.45, 7) is 6.25. The topological polar surface area (TPSA) is 47.7 Å². The number of hydrogen-bond donors (Lipinski definition) is 1. The maximum atomic E-state index is 6.14. The number of para-hydroxylation sites is 1. The van der Waals surface area contributed by atoms with Crippen LogP contribution in [0.5, 0.6) is 0 Å². The number of rotatable bonds is 1. The molecule has 0 atom stereocenters. The fraction of sp³-hybridized carbons (Fsp3) is 0.200. The van der Waals surface area contributed by atoms with Crippen molar-refractivity contribution in [2.75, 3.05) is 5.84 Å². The van der Waals surface area contributed by atoms with Crippen LogP contribution in [0.15, 0.2) is 36.7 Å². The van der Waals surface area contributed by atoms with Crippen LogP contribution in [0.3, 0.4) is 0 Å². The number of nitrogens with two attached hydrogens (primary N) is 1. The number of benzene rings is 1. The van der Waals surface area contributed by atoms with Gasteiger partial charge in [0.1, 0.15) is 5.69 Å². The molecule has 3 rings (SSSR count). The number of aryl methyl sites for hydroxylation is 2. The zero-order valence-electron chi connectivity index (χ0n) is 11.4. The molecule has 1 aromatic carbocycles. The van der Waals surface area contributed by atoms with Crippen LogP contribution in [0, 0.1) is 20.8 Å². The van der Waals surface area contributed by atoms with Gasteiger partial charge in [0.2, 0.25) is 5.52 Å². The van der Waals surface area contributed by atoms with Crippen LogP contribution in [-0.4, -0.2) is 9.66 Å². The summed E-state index contributed by atoms with van der Waals surface area (Å²) in [7, 11) is 0. The van der Waals surface area contributed by atoms with Crippen molar-refractivity contribution in [3.05, 3.63) is 53.6 Å². The van der Waals surface area contributed by atoms with Gasteiger partial charge < -0.3 is 0 Å². The molecule has 0 saturated heterocycles. The third-order valence-corrected chi connectivity index (χ3v) is 3.61. The van der Waals surface area contributed by atoms with E-state index >= 15 is 0 Å². The van der Waals surface area contributed by atoms with Crippen LogP contribution in [0.2, 0.25) is 0 Å². The van der Waals surface area contributed by atoms with Gasteiger partial charge in [0.15, 0.2) is 5.52 Å². The van der Waals surface area contributed by atoms with Gasteiger partial charge in [-0.3, -0.25) is 10.8 Å². The minimum absolute atomic E-state index is 0.982. The van der Waals surface area contributed by atoms with E-state index in [4.69, 9.17) is 5.84 Å². The molecule has 96 valence electrons. The Labute approximate surface area is 112 Å². The first-order valence-corrected chi connectivity index (χ1v) is 6.30. The van der Waals surface area contributed by atoms with Gasteiger partial charge in [-0.2, -0.15) is 4.57 Å². The van der Waals surface area contributed by atoms with Crippen molar-refractivity contribution in [1.29, 1.82) is 0 Å². The SMILES string of the molecule is Cc1cccc(C)c1-[n+]1c(C)n(N)c2ccncc21. The van der Waals surface area contributed by atoms with Gasteiger partial charge in [-0.25, -0.2) is 0 Å². The quantitative estimate of drug-likeness (QED) is 0.532. The van der Waals surface area contributed by atoms with Crippen molar-refractivity contribution in [2.45, 2.75) is 20.8 Å². The molecule has 0 saturated carbocycles. The summed E-state index contributed by atoms with van der Waals surface area (Å²) in [5.41, 5.74) is 5.64. The van der Waals surface area contributed by atoms with Gasteiger partial charge in [-0.05, 0) is 25.0 Å². The van der Waals surface area contributed by atoms with Crippen LogP contribution in [0.1, 0.15) is 17.0 Å². The number of imidazole rings is 1. The van der Waals surface area contributed by atoms with Crippen LogP contribution < -0.4 is 10.4 Å². The third kappa shape index (κ3) is 1.60. The zero-order valence-corrected chi connectivity index (χ0v) is 11.4. The van der Waals surface area contributed by atoms with Crippen molar-refractivity contribution in [3.63, 3.8) is 0 Å². The molecule has 2 aromatic heterocycles. The predicted molar refractivity (Wildman–Crippen MR) is 75.6 cm³/mol.